The zero-order valence-electron chi connectivity index (χ0n) is 17.5. The van der Waals surface area contributed by atoms with Gasteiger partial charge in [-0.15, -0.1) is 0 Å². The fourth-order valence-corrected chi connectivity index (χ4v) is 4.90. The highest BCUT2D eigenvalue weighted by molar-refractivity contribution is 7.89. The Morgan fingerprint density at radius 3 is 2.44 bits per heavy atom. The van der Waals surface area contributed by atoms with E-state index in [1.165, 1.54) is 0 Å². The van der Waals surface area contributed by atoms with Crippen molar-refractivity contribution in [2.75, 3.05) is 19.6 Å². The highest BCUT2D eigenvalue weighted by atomic mass is 32.2. The number of sulfonamides is 1. The normalized spacial score (nSPS) is 16.4. The molecule has 0 bridgehead atoms. The van der Waals surface area contributed by atoms with Crippen LogP contribution in [0.25, 0.3) is 10.8 Å². The second-order valence-electron chi connectivity index (χ2n) is 7.86. The van der Waals surface area contributed by atoms with Crippen LogP contribution in [-0.4, -0.2) is 44.8 Å². The molecular weight excluding hydrogens is 426 g/mol. The molecule has 1 fully saturated rings. The summed E-state index contributed by atoms with van der Waals surface area (Å²) in [5.74, 6) is -0.715. The van der Waals surface area contributed by atoms with Gasteiger partial charge in [0.15, 0.2) is 0 Å². The van der Waals surface area contributed by atoms with E-state index in [-0.39, 0.29) is 36.2 Å². The zero-order valence-corrected chi connectivity index (χ0v) is 18.3. The van der Waals surface area contributed by atoms with Crippen LogP contribution in [0.1, 0.15) is 12.0 Å². The van der Waals surface area contributed by atoms with E-state index in [1.54, 1.807) is 23.1 Å². The smallest absolute Gasteiger partial charge is 0.240 e. The van der Waals surface area contributed by atoms with Crippen LogP contribution in [0.2, 0.25) is 0 Å². The second kappa shape index (κ2) is 9.50. The SMILES string of the molecule is O=C(NCCNS(=O)(=O)c1ccc2ccccc2c1)[C@H]1CC(=O)N(Cc2ccccc2)C1. The monoisotopic (exact) mass is 451 g/mol. The number of carbonyl (C=O) groups excluding carboxylic acids is 2. The summed E-state index contributed by atoms with van der Waals surface area (Å²) in [6.45, 7) is 1.06. The van der Waals surface area contributed by atoms with Gasteiger partial charge < -0.3 is 10.2 Å². The van der Waals surface area contributed by atoms with Gasteiger partial charge in [-0.3, -0.25) is 9.59 Å². The van der Waals surface area contributed by atoms with E-state index < -0.39 is 15.9 Å². The van der Waals surface area contributed by atoms with E-state index in [2.05, 4.69) is 10.0 Å². The van der Waals surface area contributed by atoms with Gasteiger partial charge in [-0.1, -0.05) is 60.7 Å². The van der Waals surface area contributed by atoms with Crippen molar-refractivity contribution in [3.8, 4) is 0 Å². The first-order valence-corrected chi connectivity index (χ1v) is 12.0. The number of likely N-dealkylation sites (tertiary alicyclic amines) is 1. The molecule has 3 aromatic rings. The van der Waals surface area contributed by atoms with Crippen LogP contribution in [0.5, 0.6) is 0 Å². The molecule has 3 aromatic carbocycles. The maximum Gasteiger partial charge on any atom is 0.240 e. The summed E-state index contributed by atoms with van der Waals surface area (Å²) in [5.41, 5.74) is 1.02. The van der Waals surface area contributed by atoms with Gasteiger partial charge in [0.1, 0.15) is 0 Å². The quantitative estimate of drug-likeness (QED) is 0.514. The average Bonchev–Trinajstić information content (AvgIpc) is 3.17. The highest BCUT2D eigenvalue weighted by Gasteiger charge is 2.34. The Bertz CT molecular complexity index is 1230. The summed E-state index contributed by atoms with van der Waals surface area (Å²) in [5, 5.41) is 4.54. The van der Waals surface area contributed by atoms with Crippen LogP contribution in [-0.2, 0) is 26.2 Å². The largest absolute Gasteiger partial charge is 0.354 e. The fourth-order valence-electron chi connectivity index (χ4n) is 3.84. The van der Waals surface area contributed by atoms with Crippen LogP contribution in [0.4, 0.5) is 0 Å². The number of nitrogens with one attached hydrogen (secondary N) is 2. The van der Waals surface area contributed by atoms with Gasteiger partial charge in [0.25, 0.3) is 0 Å². The number of hydrogen-bond donors (Lipinski definition) is 2. The van der Waals surface area contributed by atoms with Crippen molar-refractivity contribution < 1.29 is 18.0 Å². The van der Waals surface area contributed by atoms with Crippen molar-refractivity contribution in [2.45, 2.75) is 17.9 Å². The summed E-state index contributed by atoms with van der Waals surface area (Å²) in [6, 6.07) is 22.1. The van der Waals surface area contributed by atoms with Crippen molar-refractivity contribution in [2.24, 2.45) is 5.92 Å². The van der Waals surface area contributed by atoms with Crippen molar-refractivity contribution in [3.63, 3.8) is 0 Å². The lowest BCUT2D eigenvalue weighted by atomic mass is 10.1. The summed E-state index contributed by atoms with van der Waals surface area (Å²) in [6.07, 6.45) is 0.168. The van der Waals surface area contributed by atoms with Crippen LogP contribution in [0.15, 0.2) is 77.7 Å². The molecule has 0 radical (unpaired) electrons. The molecule has 4 rings (SSSR count). The first kappa shape index (κ1) is 22.0. The molecule has 1 heterocycles. The molecule has 7 nitrogen and oxygen atoms in total. The summed E-state index contributed by atoms with van der Waals surface area (Å²) in [7, 11) is -3.68. The topological polar surface area (TPSA) is 95.6 Å². The first-order chi connectivity index (χ1) is 15.4. The third-order valence-corrected chi connectivity index (χ3v) is 7.01. The Morgan fingerprint density at radius 2 is 1.66 bits per heavy atom. The molecule has 1 aliphatic rings. The Labute approximate surface area is 187 Å². The molecule has 2 amide bonds. The lowest BCUT2D eigenvalue weighted by Gasteiger charge is -2.16. The number of carbonyl (C=O) groups is 2. The molecule has 2 N–H and O–H groups in total. The molecule has 0 aromatic heterocycles. The van der Waals surface area contributed by atoms with Crippen molar-refractivity contribution in [1.82, 2.24) is 14.9 Å². The van der Waals surface area contributed by atoms with Gasteiger partial charge in [-0.2, -0.15) is 0 Å². The molecule has 0 saturated carbocycles. The lowest BCUT2D eigenvalue weighted by molar-refractivity contribution is -0.129. The van der Waals surface area contributed by atoms with Crippen LogP contribution in [0.3, 0.4) is 0 Å². The standard InChI is InChI=1S/C24H25N3O4S/c28-23-15-21(17-27(23)16-18-6-2-1-3-7-18)24(29)25-12-13-26-32(30,31)22-11-10-19-8-4-5-9-20(19)14-22/h1-11,14,21,26H,12-13,15-17H2,(H,25,29)/t21-/m0/s1. The third kappa shape index (κ3) is 5.15. The Balaban J connectivity index is 1.26. The number of amides is 2. The van der Waals surface area contributed by atoms with Crippen LogP contribution in [0, 0.1) is 5.92 Å². The minimum atomic E-state index is -3.68. The Kier molecular flexibility index (Phi) is 6.53. The molecule has 32 heavy (non-hydrogen) atoms. The van der Waals surface area contributed by atoms with Gasteiger partial charge in [0.05, 0.1) is 10.8 Å². The molecule has 1 aliphatic heterocycles. The minimum absolute atomic E-state index is 0.0500. The van der Waals surface area contributed by atoms with E-state index in [0.29, 0.717) is 13.1 Å². The number of nitrogens with zero attached hydrogens (tertiary/aromatic N) is 1. The predicted molar refractivity (Wildman–Crippen MR) is 122 cm³/mol. The van der Waals surface area contributed by atoms with E-state index in [4.69, 9.17) is 0 Å². The first-order valence-electron chi connectivity index (χ1n) is 10.5. The van der Waals surface area contributed by atoms with Gasteiger partial charge in [-0.05, 0) is 28.5 Å². The van der Waals surface area contributed by atoms with Crippen molar-refractivity contribution in [3.05, 3.63) is 78.4 Å². The molecule has 0 unspecified atom stereocenters. The Morgan fingerprint density at radius 1 is 0.938 bits per heavy atom. The van der Waals surface area contributed by atoms with Gasteiger partial charge in [-0.25, -0.2) is 13.1 Å². The van der Waals surface area contributed by atoms with E-state index in [1.807, 2.05) is 54.6 Å². The second-order valence-corrected chi connectivity index (χ2v) is 9.63. The average molecular weight is 452 g/mol. The number of rotatable bonds is 8. The molecule has 1 atom stereocenters. The van der Waals surface area contributed by atoms with Crippen molar-refractivity contribution in [1.29, 1.82) is 0 Å². The summed E-state index contributed by atoms with van der Waals surface area (Å²) >= 11 is 0. The molecule has 166 valence electrons. The minimum Gasteiger partial charge on any atom is -0.354 e. The number of benzene rings is 3. The summed E-state index contributed by atoms with van der Waals surface area (Å²) in [4.78, 5) is 26.6. The molecule has 0 spiro atoms. The van der Waals surface area contributed by atoms with E-state index in [0.717, 1.165) is 16.3 Å². The van der Waals surface area contributed by atoms with E-state index >= 15 is 0 Å². The van der Waals surface area contributed by atoms with Gasteiger partial charge >= 0.3 is 0 Å². The fraction of sp³-hybridized carbons (Fsp3) is 0.250. The number of hydrogen-bond acceptors (Lipinski definition) is 4. The van der Waals surface area contributed by atoms with E-state index in [9.17, 15) is 18.0 Å². The lowest BCUT2D eigenvalue weighted by Crippen LogP contribution is -2.38. The Hall–Kier alpha value is -3.23. The van der Waals surface area contributed by atoms with Crippen molar-refractivity contribution >= 4 is 32.6 Å². The highest BCUT2D eigenvalue weighted by Crippen LogP contribution is 2.21. The maximum atomic E-state index is 12.6. The predicted octanol–water partition coefficient (Wildman–Crippen LogP) is 2.28. The van der Waals surface area contributed by atoms with Crippen LogP contribution < -0.4 is 10.0 Å². The van der Waals surface area contributed by atoms with Gasteiger partial charge in [0, 0.05) is 32.6 Å². The number of fused-ring (bicyclic) bond motifs is 1. The molecule has 0 aliphatic carbocycles. The van der Waals surface area contributed by atoms with Gasteiger partial charge in [0.2, 0.25) is 21.8 Å². The maximum absolute atomic E-state index is 12.6. The molecule has 8 heteroatoms. The van der Waals surface area contributed by atoms with Crippen LogP contribution >= 0.6 is 0 Å². The third-order valence-electron chi connectivity index (χ3n) is 5.55. The molecular formula is C24H25N3O4S. The zero-order chi connectivity index (χ0) is 22.6. The summed E-state index contributed by atoms with van der Waals surface area (Å²) < 4.78 is 27.6. The molecule has 1 saturated heterocycles.